The highest BCUT2D eigenvalue weighted by atomic mass is 16.5. The van der Waals surface area contributed by atoms with Gasteiger partial charge in [0.1, 0.15) is 0 Å². The second-order valence-electron chi connectivity index (χ2n) is 5.67. The summed E-state index contributed by atoms with van der Waals surface area (Å²) in [6.07, 6.45) is 7.02. The minimum absolute atomic E-state index is 0.00904. The number of carbonyl (C=O) groups excluding carboxylic acids is 1. The van der Waals surface area contributed by atoms with Crippen molar-refractivity contribution in [3.8, 4) is 0 Å². The number of carbonyl (C=O) groups is 1. The van der Waals surface area contributed by atoms with Crippen LogP contribution >= 0.6 is 0 Å². The summed E-state index contributed by atoms with van der Waals surface area (Å²) < 4.78 is 5.72. The Labute approximate surface area is 118 Å². The van der Waals surface area contributed by atoms with E-state index in [1.807, 2.05) is 12.1 Å². The molecule has 1 saturated heterocycles. The van der Waals surface area contributed by atoms with E-state index in [0.717, 1.165) is 31.4 Å². The van der Waals surface area contributed by atoms with Crippen LogP contribution in [0.2, 0.25) is 0 Å². The molecule has 5 nitrogen and oxygen atoms in total. The Kier molecular flexibility index (Phi) is 3.98. The van der Waals surface area contributed by atoms with E-state index in [1.54, 1.807) is 12.4 Å². The summed E-state index contributed by atoms with van der Waals surface area (Å²) in [5, 5.41) is 3.03. The third kappa shape index (κ3) is 2.69. The van der Waals surface area contributed by atoms with Crippen LogP contribution in [0.3, 0.4) is 0 Å². The van der Waals surface area contributed by atoms with E-state index < -0.39 is 0 Å². The fraction of sp³-hybridized carbons (Fsp3) is 0.600. The highest BCUT2D eigenvalue weighted by Gasteiger charge is 2.50. The lowest BCUT2D eigenvalue weighted by atomic mass is 9.68. The quantitative estimate of drug-likeness (QED) is 0.845. The molecule has 4 unspecified atom stereocenters. The number of nitrogens with zero attached hydrogens (tertiary/aromatic N) is 1. The number of amides is 1. The van der Waals surface area contributed by atoms with Gasteiger partial charge in [-0.25, -0.2) is 0 Å². The lowest BCUT2D eigenvalue weighted by molar-refractivity contribution is -0.139. The molecule has 1 aromatic rings. The van der Waals surface area contributed by atoms with Gasteiger partial charge in [-0.05, 0) is 37.0 Å². The number of hydrogen-bond acceptors (Lipinski definition) is 4. The van der Waals surface area contributed by atoms with Gasteiger partial charge in [-0.2, -0.15) is 0 Å². The number of fused-ring (bicyclic) bond motifs is 1. The van der Waals surface area contributed by atoms with Crippen LogP contribution in [0.1, 0.15) is 24.8 Å². The topological polar surface area (TPSA) is 77.2 Å². The lowest BCUT2D eigenvalue weighted by Crippen LogP contribution is -2.72. The molecule has 1 saturated carbocycles. The summed E-state index contributed by atoms with van der Waals surface area (Å²) in [6.45, 7) is 0.789. The van der Waals surface area contributed by atoms with Crippen LogP contribution < -0.4 is 11.1 Å². The summed E-state index contributed by atoms with van der Waals surface area (Å²) in [5.74, 6) is 0.476. The van der Waals surface area contributed by atoms with Crippen LogP contribution in [-0.2, 0) is 16.0 Å². The van der Waals surface area contributed by atoms with E-state index in [2.05, 4.69) is 10.3 Å². The molecule has 1 aliphatic heterocycles. The fourth-order valence-electron chi connectivity index (χ4n) is 3.19. The Morgan fingerprint density at radius 3 is 3.05 bits per heavy atom. The highest BCUT2D eigenvalue weighted by Crippen LogP contribution is 2.36. The Morgan fingerprint density at radius 1 is 1.45 bits per heavy atom. The van der Waals surface area contributed by atoms with Crippen molar-refractivity contribution in [2.75, 3.05) is 6.61 Å². The molecule has 1 amide bonds. The van der Waals surface area contributed by atoms with E-state index >= 15 is 0 Å². The number of pyridine rings is 1. The molecule has 0 bridgehead atoms. The van der Waals surface area contributed by atoms with Gasteiger partial charge in [-0.15, -0.1) is 0 Å². The van der Waals surface area contributed by atoms with Crippen LogP contribution in [0, 0.1) is 5.92 Å². The Balaban J connectivity index is 1.47. The molecule has 1 aliphatic carbocycles. The molecule has 2 aliphatic rings. The van der Waals surface area contributed by atoms with Gasteiger partial charge in [-0.1, -0.05) is 0 Å². The lowest BCUT2D eigenvalue weighted by Gasteiger charge is -2.52. The normalized spacial score (nSPS) is 32.0. The first-order chi connectivity index (χ1) is 9.75. The van der Waals surface area contributed by atoms with Crippen LogP contribution in [0.15, 0.2) is 24.5 Å². The molecule has 0 spiro atoms. The zero-order chi connectivity index (χ0) is 13.9. The number of nitrogens with two attached hydrogens (primary N) is 1. The summed E-state index contributed by atoms with van der Waals surface area (Å²) in [5.41, 5.74) is 7.25. The largest absolute Gasteiger partial charge is 0.376 e. The first kappa shape index (κ1) is 13.5. The molecule has 0 radical (unpaired) electrons. The molecule has 2 heterocycles. The molecule has 4 atom stereocenters. The predicted molar refractivity (Wildman–Crippen MR) is 74.9 cm³/mol. The van der Waals surface area contributed by atoms with Crippen molar-refractivity contribution in [3.63, 3.8) is 0 Å². The van der Waals surface area contributed by atoms with Gasteiger partial charge in [-0.3, -0.25) is 9.78 Å². The van der Waals surface area contributed by atoms with Crippen molar-refractivity contribution in [2.24, 2.45) is 11.7 Å². The van der Waals surface area contributed by atoms with Crippen molar-refractivity contribution < 1.29 is 9.53 Å². The van der Waals surface area contributed by atoms with E-state index in [0.29, 0.717) is 12.3 Å². The fourth-order valence-corrected chi connectivity index (χ4v) is 3.19. The Morgan fingerprint density at radius 2 is 2.25 bits per heavy atom. The maximum atomic E-state index is 12.0. The molecule has 0 aromatic carbocycles. The Hall–Kier alpha value is -1.46. The molecular formula is C15H21N3O2. The third-order valence-corrected chi connectivity index (χ3v) is 4.39. The van der Waals surface area contributed by atoms with E-state index in [9.17, 15) is 4.79 Å². The van der Waals surface area contributed by atoms with E-state index in [-0.39, 0.29) is 24.1 Å². The van der Waals surface area contributed by atoms with Gasteiger partial charge in [0.15, 0.2) is 0 Å². The first-order valence-electron chi connectivity index (χ1n) is 7.31. The number of ether oxygens (including phenoxy) is 1. The van der Waals surface area contributed by atoms with Gasteiger partial charge < -0.3 is 15.8 Å². The molecule has 20 heavy (non-hydrogen) atoms. The first-order valence-corrected chi connectivity index (χ1v) is 7.31. The summed E-state index contributed by atoms with van der Waals surface area (Å²) in [7, 11) is 0. The maximum absolute atomic E-state index is 12.0. The van der Waals surface area contributed by atoms with Crippen LogP contribution in [0.5, 0.6) is 0 Å². The van der Waals surface area contributed by atoms with Crippen LogP contribution in [-0.4, -0.2) is 35.7 Å². The standard InChI is InChI=1S/C15H21N3O2/c16-13-11-2-1-9-20-15(11)14(13)18-12(19)4-3-10-5-7-17-8-6-10/h5-8,11,13-15H,1-4,9,16H2,(H,18,19). The molecule has 3 rings (SSSR count). The molecular weight excluding hydrogens is 254 g/mol. The summed E-state index contributed by atoms with van der Waals surface area (Å²) in [4.78, 5) is 16.0. The third-order valence-electron chi connectivity index (χ3n) is 4.39. The van der Waals surface area contributed by atoms with E-state index in [4.69, 9.17) is 10.5 Å². The van der Waals surface area contributed by atoms with Crippen molar-refractivity contribution in [2.45, 2.75) is 43.9 Å². The van der Waals surface area contributed by atoms with Gasteiger partial charge in [0.05, 0.1) is 12.1 Å². The minimum Gasteiger partial charge on any atom is -0.376 e. The zero-order valence-electron chi connectivity index (χ0n) is 11.5. The summed E-state index contributed by atoms with van der Waals surface area (Å²) >= 11 is 0. The van der Waals surface area contributed by atoms with Crippen LogP contribution in [0.25, 0.3) is 0 Å². The second-order valence-corrected chi connectivity index (χ2v) is 5.67. The highest BCUT2D eigenvalue weighted by molar-refractivity contribution is 5.76. The van der Waals surface area contributed by atoms with Crippen molar-refractivity contribution in [3.05, 3.63) is 30.1 Å². The van der Waals surface area contributed by atoms with Crippen molar-refractivity contribution in [1.29, 1.82) is 0 Å². The smallest absolute Gasteiger partial charge is 0.220 e. The SMILES string of the molecule is NC1C2CCCOC2C1NC(=O)CCc1ccncc1. The van der Waals surface area contributed by atoms with E-state index in [1.165, 1.54) is 0 Å². The minimum atomic E-state index is -0.00904. The van der Waals surface area contributed by atoms with Gasteiger partial charge >= 0.3 is 0 Å². The number of aromatic nitrogens is 1. The average Bonchev–Trinajstić information content (AvgIpc) is 2.51. The van der Waals surface area contributed by atoms with Crippen LogP contribution in [0.4, 0.5) is 0 Å². The summed E-state index contributed by atoms with van der Waals surface area (Å²) in [6, 6.07) is 3.90. The number of aryl methyl sites for hydroxylation is 1. The molecule has 2 fully saturated rings. The average molecular weight is 275 g/mol. The van der Waals surface area contributed by atoms with Gasteiger partial charge in [0.2, 0.25) is 5.91 Å². The Bertz CT molecular complexity index is 465. The molecule has 5 heteroatoms. The zero-order valence-corrected chi connectivity index (χ0v) is 11.5. The van der Waals surface area contributed by atoms with Crippen molar-refractivity contribution in [1.82, 2.24) is 10.3 Å². The van der Waals surface area contributed by atoms with Crippen molar-refractivity contribution >= 4 is 5.91 Å². The molecule has 1 aromatic heterocycles. The van der Waals surface area contributed by atoms with Gasteiger partial charge in [0, 0.05) is 37.4 Å². The maximum Gasteiger partial charge on any atom is 0.220 e. The predicted octanol–water partition coefficient (Wildman–Crippen LogP) is 0.635. The second kappa shape index (κ2) is 5.89. The monoisotopic (exact) mass is 275 g/mol. The number of hydrogen-bond donors (Lipinski definition) is 2. The van der Waals surface area contributed by atoms with Gasteiger partial charge in [0.25, 0.3) is 0 Å². The number of rotatable bonds is 4. The molecule has 3 N–H and O–H groups in total. The molecule has 108 valence electrons. The number of nitrogens with one attached hydrogen (secondary N) is 1.